The molecule has 1 aliphatic rings. The monoisotopic (exact) mass is 405 g/mol. The number of phenolic OH excluding ortho intramolecular Hbond substituents is 1. The van der Waals surface area contributed by atoms with E-state index in [0.717, 1.165) is 36.1 Å². The Bertz CT molecular complexity index is 760. The topological polar surface area (TPSA) is 47.9 Å². The summed E-state index contributed by atoms with van der Waals surface area (Å²) in [5.41, 5.74) is 1.31. The number of aromatic hydroxyl groups is 1. The zero-order chi connectivity index (χ0) is 17.6. The molecule has 3 rings (SSSR count). The largest absolute Gasteiger partial charge is 0.508 e. The summed E-state index contributed by atoms with van der Waals surface area (Å²) in [6.07, 6.45) is 3.45. The van der Waals surface area contributed by atoms with Crippen molar-refractivity contribution in [2.75, 3.05) is 18.4 Å². The van der Waals surface area contributed by atoms with Gasteiger partial charge in [0.05, 0.1) is 6.54 Å². The fraction of sp³-hybridized carbons (Fsp3) is 0.316. The minimum absolute atomic E-state index is 0.195. The molecule has 0 amide bonds. The summed E-state index contributed by atoms with van der Waals surface area (Å²) in [6.45, 7) is 2.10. The smallest absolute Gasteiger partial charge is 0.198 e. The molecule has 0 radical (unpaired) electrons. The Morgan fingerprint density at radius 3 is 2.72 bits per heavy atom. The van der Waals surface area contributed by atoms with Gasteiger partial charge in [-0.05, 0) is 49.6 Å². The van der Waals surface area contributed by atoms with Gasteiger partial charge in [0.25, 0.3) is 0 Å². The van der Waals surface area contributed by atoms with Crippen LogP contribution in [0.5, 0.6) is 5.75 Å². The zero-order valence-corrected chi connectivity index (χ0v) is 15.5. The molecule has 0 atom stereocenters. The summed E-state index contributed by atoms with van der Waals surface area (Å²) in [4.78, 5) is 6.82. The average Bonchev–Trinajstić information content (AvgIpc) is 2.62. The number of guanidine groups is 1. The fourth-order valence-electron chi connectivity index (χ4n) is 2.86. The summed E-state index contributed by atoms with van der Waals surface area (Å²) in [5.74, 6) is 0.646. The molecule has 1 fully saturated rings. The normalized spacial score (nSPS) is 15.3. The molecule has 2 aromatic rings. The summed E-state index contributed by atoms with van der Waals surface area (Å²) in [6, 6.07) is 11.8. The number of benzene rings is 2. The van der Waals surface area contributed by atoms with Crippen molar-refractivity contribution in [3.63, 3.8) is 0 Å². The van der Waals surface area contributed by atoms with Crippen LogP contribution in [0.4, 0.5) is 10.1 Å². The highest BCUT2D eigenvalue weighted by molar-refractivity contribution is 9.10. The van der Waals surface area contributed by atoms with Gasteiger partial charge in [-0.25, -0.2) is 9.38 Å². The predicted molar refractivity (Wildman–Crippen MR) is 102 cm³/mol. The molecule has 0 saturated carbocycles. The first-order valence-corrected chi connectivity index (χ1v) is 9.20. The molecular formula is C19H21BrFN3O. The van der Waals surface area contributed by atoms with Crippen LogP contribution in [0, 0.1) is 5.82 Å². The van der Waals surface area contributed by atoms with E-state index >= 15 is 0 Å². The van der Waals surface area contributed by atoms with Crippen molar-refractivity contribution >= 4 is 27.6 Å². The molecule has 1 heterocycles. The molecule has 2 N–H and O–H groups in total. The Balaban J connectivity index is 1.83. The van der Waals surface area contributed by atoms with Crippen molar-refractivity contribution in [2.24, 2.45) is 4.99 Å². The number of rotatable bonds is 3. The molecule has 0 aromatic heterocycles. The van der Waals surface area contributed by atoms with Gasteiger partial charge in [0.2, 0.25) is 0 Å². The van der Waals surface area contributed by atoms with Crippen LogP contribution in [0.2, 0.25) is 0 Å². The lowest BCUT2D eigenvalue weighted by molar-refractivity contribution is 0.340. The van der Waals surface area contributed by atoms with Gasteiger partial charge in [0, 0.05) is 34.9 Å². The molecule has 4 nitrogen and oxygen atoms in total. The first kappa shape index (κ1) is 17.7. The number of anilines is 1. The number of piperidine rings is 1. The summed E-state index contributed by atoms with van der Waals surface area (Å²) < 4.78 is 14.8. The van der Waals surface area contributed by atoms with E-state index in [1.54, 1.807) is 30.3 Å². The van der Waals surface area contributed by atoms with Crippen LogP contribution < -0.4 is 5.32 Å². The molecule has 1 saturated heterocycles. The van der Waals surface area contributed by atoms with E-state index in [1.165, 1.54) is 12.5 Å². The maximum absolute atomic E-state index is 14.0. The third kappa shape index (κ3) is 4.95. The SMILES string of the molecule is Oc1cccc(NC(=NCc2cc(Br)ccc2F)N2CCCCC2)c1. The number of hydrogen-bond acceptors (Lipinski definition) is 2. The van der Waals surface area contributed by atoms with E-state index < -0.39 is 0 Å². The molecule has 0 aliphatic carbocycles. The molecule has 0 spiro atoms. The first-order valence-electron chi connectivity index (χ1n) is 8.41. The van der Waals surface area contributed by atoms with Crippen molar-refractivity contribution in [1.82, 2.24) is 4.90 Å². The number of nitrogens with zero attached hydrogens (tertiary/aromatic N) is 2. The number of likely N-dealkylation sites (tertiary alicyclic amines) is 1. The highest BCUT2D eigenvalue weighted by atomic mass is 79.9. The third-order valence-electron chi connectivity index (χ3n) is 4.16. The van der Waals surface area contributed by atoms with Gasteiger partial charge in [-0.3, -0.25) is 0 Å². The molecule has 0 unspecified atom stereocenters. The van der Waals surface area contributed by atoms with Gasteiger partial charge >= 0.3 is 0 Å². The number of nitrogens with one attached hydrogen (secondary N) is 1. The van der Waals surface area contributed by atoms with E-state index in [1.807, 2.05) is 6.07 Å². The Morgan fingerprint density at radius 1 is 1.16 bits per heavy atom. The van der Waals surface area contributed by atoms with Crippen molar-refractivity contribution in [2.45, 2.75) is 25.8 Å². The quantitative estimate of drug-likeness (QED) is 0.572. The fourth-order valence-corrected chi connectivity index (χ4v) is 3.27. The van der Waals surface area contributed by atoms with Gasteiger partial charge < -0.3 is 15.3 Å². The van der Waals surface area contributed by atoms with Crippen molar-refractivity contribution in [3.05, 3.63) is 58.3 Å². The highest BCUT2D eigenvalue weighted by Gasteiger charge is 2.15. The minimum Gasteiger partial charge on any atom is -0.508 e. The Labute approximate surface area is 155 Å². The third-order valence-corrected chi connectivity index (χ3v) is 4.66. The standard InChI is InChI=1S/C19H21BrFN3O/c20-15-7-8-18(21)14(11-15)13-22-19(24-9-2-1-3-10-24)23-16-5-4-6-17(25)12-16/h4-8,11-12,25H,1-3,9-10,13H2,(H,22,23). The molecule has 132 valence electrons. The van der Waals surface area contributed by atoms with Crippen LogP contribution in [0.3, 0.4) is 0 Å². The maximum atomic E-state index is 14.0. The van der Waals surface area contributed by atoms with Crippen LogP contribution in [-0.2, 0) is 6.54 Å². The number of aliphatic imine (C=N–C) groups is 1. The lowest BCUT2D eigenvalue weighted by Gasteiger charge is -2.30. The Morgan fingerprint density at radius 2 is 1.96 bits per heavy atom. The van der Waals surface area contributed by atoms with Crippen LogP contribution in [0.25, 0.3) is 0 Å². The molecule has 0 bridgehead atoms. The molecular weight excluding hydrogens is 385 g/mol. The van der Waals surface area contributed by atoms with E-state index in [0.29, 0.717) is 11.5 Å². The second-order valence-electron chi connectivity index (χ2n) is 6.10. The van der Waals surface area contributed by atoms with E-state index in [-0.39, 0.29) is 18.1 Å². The van der Waals surface area contributed by atoms with Crippen molar-refractivity contribution in [3.8, 4) is 5.75 Å². The Hall–Kier alpha value is -2.08. The van der Waals surface area contributed by atoms with Gasteiger partial charge in [-0.15, -0.1) is 0 Å². The minimum atomic E-state index is -0.262. The van der Waals surface area contributed by atoms with Gasteiger partial charge in [-0.2, -0.15) is 0 Å². The summed E-state index contributed by atoms with van der Waals surface area (Å²) in [5, 5.41) is 12.9. The van der Waals surface area contributed by atoms with Gasteiger partial charge in [0.1, 0.15) is 11.6 Å². The van der Waals surface area contributed by atoms with Gasteiger partial charge in [0.15, 0.2) is 5.96 Å². The molecule has 1 aliphatic heterocycles. The number of halogens is 2. The molecule has 6 heteroatoms. The highest BCUT2D eigenvalue weighted by Crippen LogP contribution is 2.19. The Kier molecular flexibility index (Phi) is 5.91. The molecule has 2 aromatic carbocycles. The first-order chi connectivity index (χ1) is 12.1. The van der Waals surface area contributed by atoms with Gasteiger partial charge in [-0.1, -0.05) is 22.0 Å². The number of phenols is 1. The average molecular weight is 406 g/mol. The van der Waals surface area contributed by atoms with Crippen LogP contribution in [-0.4, -0.2) is 29.1 Å². The second kappa shape index (κ2) is 8.34. The van der Waals surface area contributed by atoms with Crippen LogP contribution >= 0.6 is 15.9 Å². The predicted octanol–water partition coefficient (Wildman–Crippen LogP) is 4.75. The van der Waals surface area contributed by atoms with E-state index in [2.05, 4.69) is 31.1 Å². The summed E-state index contributed by atoms with van der Waals surface area (Å²) >= 11 is 3.37. The summed E-state index contributed by atoms with van der Waals surface area (Å²) in [7, 11) is 0. The molecule has 25 heavy (non-hydrogen) atoms. The van der Waals surface area contributed by atoms with Crippen LogP contribution in [0.1, 0.15) is 24.8 Å². The lowest BCUT2D eigenvalue weighted by Crippen LogP contribution is -2.40. The van der Waals surface area contributed by atoms with Crippen molar-refractivity contribution < 1.29 is 9.50 Å². The number of hydrogen-bond donors (Lipinski definition) is 2. The van der Waals surface area contributed by atoms with E-state index in [4.69, 9.17) is 0 Å². The van der Waals surface area contributed by atoms with E-state index in [9.17, 15) is 9.50 Å². The zero-order valence-electron chi connectivity index (χ0n) is 13.9. The lowest BCUT2D eigenvalue weighted by atomic mass is 10.1. The van der Waals surface area contributed by atoms with Crippen LogP contribution in [0.15, 0.2) is 51.9 Å². The second-order valence-corrected chi connectivity index (χ2v) is 7.01. The maximum Gasteiger partial charge on any atom is 0.198 e. The van der Waals surface area contributed by atoms with Crippen molar-refractivity contribution in [1.29, 1.82) is 0 Å².